The second kappa shape index (κ2) is 9.29. The Morgan fingerprint density at radius 2 is 1.85 bits per heavy atom. The minimum absolute atomic E-state index is 0.130. The number of nitrogens with one attached hydrogen (secondary N) is 1. The third-order valence-corrected chi connectivity index (χ3v) is 7.25. The Bertz CT molecular complexity index is 765. The van der Waals surface area contributed by atoms with E-state index in [2.05, 4.69) is 5.32 Å². The standard InChI is InChI=1S/C17H26ClFN4O3S/c1-4-22(5-2)27(25,26)23-10-8-21(9-11-23)13(3)17(24)20-16-7-6-14(19)12-15(16)18/h6-7,12-13H,4-5,8-11H2,1-3H3,(H,20,24). The van der Waals surface area contributed by atoms with Crippen LogP contribution in [-0.4, -0.2) is 73.1 Å². The maximum atomic E-state index is 13.1. The summed E-state index contributed by atoms with van der Waals surface area (Å²) in [6, 6.07) is 3.31. The Labute approximate surface area is 165 Å². The quantitative estimate of drug-likeness (QED) is 0.732. The summed E-state index contributed by atoms with van der Waals surface area (Å²) in [6.45, 7) is 7.78. The molecule has 1 aliphatic heterocycles. The smallest absolute Gasteiger partial charge is 0.282 e. The molecule has 1 amide bonds. The van der Waals surface area contributed by atoms with Crippen molar-refractivity contribution in [2.75, 3.05) is 44.6 Å². The van der Waals surface area contributed by atoms with Crippen LogP contribution in [0.3, 0.4) is 0 Å². The lowest BCUT2D eigenvalue weighted by molar-refractivity contribution is -0.121. The number of hydrogen-bond donors (Lipinski definition) is 1. The molecule has 7 nitrogen and oxygen atoms in total. The lowest BCUT2D eigenvalue weighted by Gasteiger charge is -2.38. The van der Waals surface area contributed by atoms with Crippen LogP contribution < -0.4 is 5.32 Å². The summed E-state index contributed by atoms with van der Waals surface area (Å²) in [5.74, 6) is -0.750. The molecule has 0 bridgehead atoms. The highest BCUT2D eigenvalue weighted by Crippen LogP contribution is 2.23. The van der Waals surface area contributed by atoms with Gasteiger partial charge >= 0.3 is 0 Å². The normalized spacial score (nSPS) is 17.9. The summed E-state index contributed by atoms with van der Waals surface area (Å²) < 4.78 is 41.1. The summed E-state index contributed by atoms with van der Waals surface area (Å²) in [5, 5.41) is 2.82. The molecule has 1 unspecified atom stereocenters. The second-order valence-corrected chi connectivity index (χ2v) is 8.65. The minimum Gasteiger partial charge on any atom is -0.323 e. The molecule has 1 aromatic rings. The molecule has 1 heterocycles. The predicted octanol–water partition coefficient (Wildman–Crippen LogP) is 2.01. The first kappa shape index (κ1) is 22.0. The van der Waals surface area contributed by atoms with Crippen molar-refractivity contribution < 1.29 is 17.6 Å². The van der Waals surface area contributed by atoms with Crippen LogP contribution >= 0.6 is 11.6 Å². The van der Waals surface area contributed by atoms with E-state index in [9.17, 15) is 17.6 Å². The van der Waals surface area contributed by atoms with Gasteiger partial charge in [-0.2, -0.15) is 17.0 Å². The predicted molar refractivity (Wildman–Crippen MR) is 104 cm³/mol. The lowest BCUT2D eigenvalue weighted by Crippen LogP contribution is -2.56. The molecule has 1 aliphatic rings. The van der Waals surface area contributed by atoms with Crippen molar-refractivity contribution in [3.8, 4) is 0 Å². The molecule has 1 aromatic carbocycles. The first-order valence-electron chi connectivity index (χ1n) is 8.95. The highest BCUT2D eigenvalue weighted by molar-refractivity contribution is 7.86. The van der Waals surface area contributed by atoms with Crippen molar-refractivity contribution in [3.63, 3.8) is 0 Å². The number of hydrogen-bond acceptors (Lipinski definition) is 4. The number of carbonyl (C=O) groups is 1. The summed E-state index contributed by atoms with van der Waals surface area (Å²) in [4.78, 5) is 14.4. The van der Waals surface area contributed by atoms with Gasteiger partial charge in [-0.05, 0) is 25.1 Å². The first-order valence-corrected chi connectivity index (χ1v) is 10.7. The topological polar surface area (TPSA) is 73.0 Å². The fourth-order valence-corrected chi connectivity index (χ4v) is 4.85. The fourth-order valence-electron chi connectivity index (χ4n) is 3.03. The van der Waals surface area contributed by atoms with Crippen molar-refractivity contribution in [2.45, 2.75) is 26.8 Å². The number of halogens is 2. The molecule has 10 heteroatoms. The third-order valence-electron chi connectivity index (χ3n) is 4.75. The maximum Gasteiger partial charge on any atom is 0.282 e. The van der Waals surface area contributed by atoms with Crippen LogP contribution in [0.2, 0.25) is 5.02 Å². The van der Waals surface area contributed by atoms with Gasteiger partial charge < -0.3 is 5.32 Å². The zero-order valence-electron chi connectivity index (χ0n) is 15.8. The average molecular weight is 421 g/mol. The van der Waals surface area contributed by atoms with Crippen molar-refractivity contribution in [2.24, 2.45) is 0 Å². The molecular formula is C17H26ClFN4O3S. The molecule has 0 aromatic heterocycles. The largest absolute Gasteiger partial charge is 0.323 e. The van der Waals surface area contributed by atoms with Gasteiger partial charge in [0.2, 0.25) is 5.91 Å². The zero-order chi connectivity index (χ0) is 20.2. The number of carbonyl (C=O) groups excluding carboxylic acids is 1. The van der Waals surface area contributed by atoms with Crippen LogP contribution in [0.25, 0.3) is 0 Å². The Hall–Kier alpha value is -1.26. The molecule has 0 spiro atoms. The number of piperazine rings is 1. The second-order valence-electron chi connectivity index (χ2n) is 6.32. The monoisotopic (exact) mass is 420 g/mol. The first-order chi connectivity index (χ1) is 12.7. The van der Waals surface area contributed by atoms with E-state index in [1.165, 1.54) is 20.7 Å². The Kier molecular flexibility index (Phi) is 7.58. The van der Waals surface area contributed by atoms with Gasteiger partial charge in [0.25, 0.3) is 10.2 Å². The Morgan fingerprint density at radius 1 is 1.26 bits per heavy atom. The van der Waals surface area contributed by atoms with Crippen molar-refractivity contribution in [1.82, 2.24) is 13.5 Å². The van der Waals surface area contributed by atoms with E-state index in [1.807, 2.05) is 18.7 Å². The van der Waals surface area contributed by atoms with Crippen LogP contribution in [0.15, 0.2) is 18.2 Å². The van der Waals surface area contributed by atoms with E-state index < -0.39 is 22.1 Å². The van der Waals surface area contributed by atoms with Crippen molar-refractivity contribution in [1.29, 1.82) is 0 Å². The molecule has 1 N–H and O–H groups in total. The van der Waals surface area contributed by atoms with Gasteiger partial charge in [0, 0.05) is 39.3 Å². The van der Waals surface area contributed by atoms with Crippen LogP contribution in [0.5, 0.6) is 0 Å². The number of benzene rings is 1. The van der Waals surface area contributed by atoms with Crippen LogP contribution in [0, 0.1) is 5.82 Å². The van der Waals surface area contributed by atoms with E-state index in [1.54, 1.807) is 6.92 Å². The Morgan fingerprint density at radius 3 is 2.37 bits per heavy atom. The number of amides is 1. The Balaban J connectivity index is 1.96. The molecular weight excluding hydrogens is 395 g/mol. The molecule has 0 radical (unpaired) electrons. The number of rotatable bonds is 7. The summed E-state index contributed by atoms with van der Waals surface area (Å²) >= 11 is 5.94. The molecule has 152 valence electrons. The maximum absolute atomic E-state index is 13.1. The van der Waals surface area contributed by atoms with Gasteiger partial charge in [0.05, 0.1) is 16.8 Å². The lowest BCUT2D eigenvalue weighted by atomic mass is 10.2. The SMILES string of the molecule is CCN(CC)S(=O)(=O)N1CCN(C(C)C(=O)Nc2ccc(F)cc2Cl)CC1. The molecule has 1 atom stereocenters. The van der Waals surface area contributed by atoms with E-state index in [0.29, 0.717) is 45.0 Å². The van der Waals surface area contributed by atoms with Crippen molar-refractivity contribution in [3.05, 3.63) is 29.0 Å². The zero-order valence-corrected chi connectivity index (χ0v) is 17.4. The van der Waals surface area contributed by atoms with E-state index in [-0.39, 0.29) is 10.9 Å². The highest BCUT2D eigenvalue weighted by Gasteiger charge is 2.33. The molecule has 0 aliphatic carbocycles. The molecule has 1 saturated heterocycles. The summed E-state index contributed by atoms with van der Waals surface area (Å²) in [5.41, 5.74) is 0.345. The van der Waals surface area contributed by atoms with E-state index >= 15 is 0 Å². The fraction of sp³-hybridized carbons (Fsp3) is 0.588. The van der Waals surface area contributed by atoms with Gasteiger partial charge in [-0.3, -0.25) is 9.69 Å². The van der Waals surface area contributed by atoms with Gasteiger partial charge in [-0.1, -0.05) is 25.4 Å². The molecule has 0 saturated carbocycles. The number of anilines is 1. The third kappa shape index (κ3) is 5.17. The van der Waals surface area contributed by atoms with Crippen LogP contribution in [0.1, 0.15) is 20.8 Å². The minimum atomic E-state index is -3.47. The van der Waals surface area contributed by atoms with E-state index in [0.717, 1.165) is 6.07 Å². The number of nitrogens with zero attached hydrogens (tertiary/aromatic N) is 3. The molecule has 27 heavy (non-hydrogen) atoms. The van der Waals surface area contributed by atoms with Gasteiger partial charge in [-0.15, -0.1) is 0 Å². The van der Waals surface area contributed by atoms with Gasteiger partial charge in [0.15, 0.2) is 0 Å². The summed E-state index contributed by atoms with van der Waals surface area (Å²) in [6.07, 6.45) is 0. The van der Waals surface area contributed by atoms with Crippen molar-refractivity contribution >= 4 is 33.4 Å². The summed E-state index contributed by atoms with van der Waals surface area (Å²) in [7, 11) is -3.47. The van der Waals surface area contributed by atoms with E-state index in [4.69, 9.17) is 11.6 Å². The average Bonchev–Trinajstić information content (AvgIpc) is 2.64. The van der Waals surface area contributed by atoms with Crippen LogP contribution in [-0.2, 0) is 15.0 Å². The van der Waals surface area contributed by atoms with Gasteiger partial charge in [-0.25, -0.2) is 4.39 Å². The molecule has 1 fully saturated rings. The molecule has 2 rings (SSSR count). The highest BCUT2D eigenvalue weighted by atomic mass is 35.5. The van der Waals surface area contributed by atoms with Gasteiger partial charge in [0.1, 0.15) is 5.82 Å². The van der Waals surface area contributed by atoms with Crippen LogP contribution in [0.4, 0.5) is 10.1 Å².